The van der Waals surface area contributed by atoms with Crippen LogP contribution in [0.2, 0.25) is 0 Å². The van der Waals surface area contributed by atoms with E-state index in [1.54, 1.807) is 0 Å². The van der Waals surface area contributed by atoms with Crippen LogP contribution in [0.5, 0.6) is 0 Å². The third-order valence-corrected chi connectivity index (χ3v) is 1.04. The third kappa shape index (κ3) is 1.78. The monoisotopic (exact) mass is 114 g/mol. The van der Waals surface area contributed by atoms with E-state index in [2.05, 4.69) is 6.58 Å². The van der Waals surface area contributed by atoms with E-state index in [-0.39, 0.29) is 5.92 Å². The summed E-state index contributed by atoms with van der Waals surface area (Å²) < 4.78 is 0. The minimum atomic E-state index is -0.789. The number of carboxylic acids is 1. The van der Waals surface area contributed by atoms with Gasteiger partial charge in [0.05, 0.1) is 5.92 Å². The minimum absolute atomic E-state index is 0.366. The van der Waals surface area contributed by atoms with Crippen LogP contribution in [0.25, 0.3) is 0 Å². The first kappa shape index (κ1) is 7.21. The van der Waals surface area contributed by atoms with Gasteiger partial charge in [-0.2, -0.15) is 0 Å². The molecule has 0 fully saturated rings. The molecule has 0 rings (SSSR count). The lowest BCUT2D eigenvalue weighted by molar-refractivity contribution is -0.140. The maximum absolute atomic E-state index is 10.1. The second kappa shape index (κ2) is 3.24. The molecule has 0 heterocycles. The lowest BCUT2D eigenvalue weighted by Gasteiger charge is -1.98. The normalized spacial score (nSPS) is 12.6. The first-order chi connectivity index (χ1) is 3.72. The zero-order valence-corrected chi connectivity index (χ0v) is 4.92. The van der Waals surface area contributed by atoms with Gasteiger partial charge in [0.15, 0.2) is 0 Å². The Kier molecular flexibility index (Phi) is 2.92. The van der Waals surface area contributed by atoms with Crippen molar-refractivity contribution in [3.8, 4) is 0 Å². The van der Waals surface area contributed by atoms with Gasteiger partial charge in [-0.3, -0.25) is 4.79 Å². The highest BCUT2D eigenvalue weighted by Crippen LogP contribution is 2.01. The van der Waals surface area contributed by atoms with Crippen LogP contribution in [-0.4, -0.2) is 11.1 Å². The van der Waals surface area contributed by atoms with Gasteiger partial charge in [-0.25, -0.2) is 0 Å². The Morgan fingerprint density at radius 2 is 2.50 bits per heavy atom. The number of rotatable bonds is 3. The highest BCUT2D eigenvalue weighted by molar-refractivity contribution is 5.71. The molecule has 0 aliphatic rings. The summed E-state index contributed by atoms with van der Waals surface area (Å²) in [5, 5.41) is 8.30. The van der Waals surface area contributed by atoms with Crippen molar-refractivity contribution in [3.05, 3.63) is 12.7 Å². The molecule has 2 nitrogen and oxygen atoms in total. The zero-order valence-electron chi connectivity index (χ0n) is 4.92. The molecule has 46 valence electrons. The van der Waals surface area contributed by atoms with E-state index in [0.29, 0.717) is 6.42 Å². The van der Waals surface area contributed by atoms with Gasteiger partial charge < -0.3 is 5.11 Å². The van der Waals surface area contributed by atoms with E-state index in [4.69, 9.17) is 5.11 Å². The van der Waals surface area contributed by atoms with Crippen molar-refractivity contribution in [1.29, 1.82) is 0 Å². The van der Waals surface area contributed by atoms with Crippen molar-refractivity contribution in [2.75, 3.05) is 0 Å². The third-order valence-electron chi connectivity index (χ3n) is 1.04. The molecule has 1 atom stereocenters. The molecule has 0 aliphatic heterocycles. The summed E-state index contributed by atoms with van der Waals surface area (Å²) in [7, 11) is 0. The molecule has 0 saturated heterocycles. The topological polar surface area (TPSA) is 37.3 Å². The fourth-order valence-electron chi connectivity index (χ4n) is 0.442. The zero-order chi connectivity index (χ0) is 6.57. The molecular formula is C6H10O2. The van der Waals surface area contributed by atoms with Crippen molar-refractivity contribution in [2.24, 2.45) is 5.92 Å². The number of carbonyl (C=O) groups is 1. The number of hydrogen-bond donors (Lipinski definition) is 1. The Labute approximate surface area is 48.8 Å². The van der Waals surface area contributed by atoms with Crippen molar-refractivity contribution < 1.29 is 9.90 Å². The van der Waals surface area contributed by atoms with Gasteiger partial charge in [-0.1, -0.05) is 13.0 Å². The molecule has 2 heteroatoms. The molecule has 0 spiro atoms. The van der Waals surface area contributed by atoms with E-state index in [1.165, 1.54) is 6.08 Å². The summed E-state index contributed by atoms with van der Waals surface area (Å²) in [6, 6.07) is 0. The van der Waals surface area contributed by atoms with Crippen molar-refractivity contribution >= 4 is 5.97 Å². The highest BCUT2D eigenvalue weighted by atomic mass is 16.4. The van der Waals surface area contributed by atoms with Gasteiger partial charge in [-0.15, -0.1) is 6.58 Å². The lowest BCUT2D eigenvalue weighted by Crippen LogP contribution is -2.08. The van der Waals surface area contributed by atoms with Gasteiger partial charge >= 0.3 is 5.97 Å². The second-order valence-corrected chi connectivity index (χ2v) is 1.59. The van der Waals surface area contributed by atoms with Gasteiger partial charge in [0.1, 0.15) is 0 Å². The first-order valence-electron chi connectivity index (χ1n) is 2.57. The number of carboxylic acid groups (broad SMARTS) is 1. The van der Waals surface area contributed by atoms with Crippen LogP contribution in [-0.2, 0) is 4.79 Å². The van der Waals surface area contributed by atoms with Gasteiger partial charge in [0.25, 0.3) is 0 Å². The van der Waals surface area contributed by atoms with Gasteiger partial charge in [0.2, 0.25) is 0 Å². The fraction of sp³-hybridized carbons (Fsp3) is 0.500. The molecule has 0 aromatic carbocycles. The molecule has 8 heavy (non-hydrogen) atoms. The van der Waals surface area contributed by atoms with E-state index >= 15 is 0 Å². The van der Waals surface area contributed by atoms with Gasteiger partial charge in [0, 0.05) is 0 Å². The smallest absolute Gasteiger partial charge is 0.310 e. The molecule has 0 radical (unpaired) electrons. The molecule has 0 aliphatic carbocycles. The first-order valence-corrected chi connectivity index (χ1v) is 2.57. The van der Waals surface area contributed by atoms with Gasteiger partial charge in [-0.05, 0) is 6.42 Å². The van der Waals surface area contributed by atoms with E-state index in [1.807, 2.05) is 6.92 Å². The lowest BCUT2D eigenvalue weighted by atomic mass is 10.1. The molecule has 1 unspecified atom stereocenters. The second-order valence-electron chi connectivity index (χ2n) is 1.59. The van der Waals surface area contributed by atoms with E-state index < -0.39 is 5.97 Å². The summed E-state index contributed by atoms with van der Waals surface area (Å²) in [4.78, 5) is 10.1. The van der Waals surface area contributed by atoms with Crippen molar-refractivity contribution in [2.45, 2.75) is 13.3 Å². The largest absolute Gasteiger partial charge is 0.481 e. The maximum Gasteiger partial charge on any atom is 0.310 e. The standard InChI is InChI=1S/C6H10O2/c1-3-5(4-2)6(7)8/h3,5H,1,4H2,2H3,(H,7,8). The predicted molar refractivity (Wildman–Crippen MR) is 31.6 cm³/mol. The average Bonchev–Trinajstić information content (AvgIpc) is 1.69. The highest BCUT2D eigenvalue weighted by Gasteiger charge is 2.07. The van der Waals surface area contributed by atoms with Crippen LogP contribution in [0.3, 0.4) is 0 Å². The number of aliphatic carboxylic acids is 1. The van der Waals surface area contributed by atoms with Crippen LogP contribution in [0.4, 0.5) is 0 Å². The molecule has 0 aromatic rings. The minimum Gasteiger partial charge on any atom is -0.481 e. The van der Waals surface area contributed by atoms with Crippen LogP contribution < -0.4 is 0 Å². The Balaban J connectivity index is 3.69. The maximum atomic E-state index is 10.1. The summed E-state index contributed by atoms with van der Waals surface area (Å²) in [5.41, 5.74) is 0. The number of hydrogen-bond acceptors (Lipinski definition) is 1. The SMILES string of the molecule is C=CC(CC)C(=O)O. The van der Waals surface area contributed by atoms with Crippen LogP contribution >= 0.6 is 0 Å². The molecule has 0 bridgehead atoms. The molecule has 0 amide bonds. The molecule has 1 N–H and O–H groups in total. The van der Waals surface area contributed by atoms with Crippen molar-refractivity contribution in [3.63, 3.8) is 0 Å². The Hall–Kier alpha value is -0.790. The molecule has 0 aromatic heterocycles. The van der Waals surface area contributed by atoms with Crippen LogP contribution in [0, 0.1) is 5.92 Å². The quantitative estimate of drug-likeness (QED) is 0.561. The predicted octanol–water partition coefficient (Wildman–Crippen LogP) is 1.28. The van der Waals surface area contributed by atoms with Crippen LogP contribution in [0.1, 0.15) is 13.3 Å². The summed E-state index contributed by atoms with van der Waals surface area (Å²) in [6.07, 6.45) is 2.07. The average molecular weight is 114 g/mol. The Bertz CT molecular complexity index is 96.7. The molecular weight excluding hydrogens is 104 g/mol. The van der Waals surface area contributed by atoms with E-state index in [9.17, 15) is 4.79 Å². The van der Waals surface area contributed by atoms with E-state index in [0.717, 1.165) is 0 Å². The van der Waals surface area contributed by atoms with Crippen molar-refractivity contribution in [1.82, 2.24) is 0 Å². The summed E-state index contributed by atoms with van der Waals surface area (Å²) in [5.74, 6) is -1.16. The summed E-state index contributed by atoms with van der Waals surface area (Å²) >= 11 is 0. The fourth-order valence-corrected chi connectivity index (χ4v) is 0.442. The molecule has 0 saturated carbocycles. The van der Waals surface area contributed by atoms with Crippen LogP contribution in [0.15, 0.2) is 12.7 Å². The Morgan fingerprint density at radius 3 is 2.50 bits per heavy atom. The Morgan fingerprint density at radius 1 is 2.00 bits per heavy atom. The summed E-state index contributed by atoms with van der Waals surface area (Å²) in [6.45, 7) is 5.19.